The van der Waals surface area contributed by atoms with E-state index in [1.54, 1.807) is 13.3 Å². The van der Waals surface area contributed by atoms with E-state index < -0.39 is 0 Å². The number of nitriles is 1. The summed E-state index contributed by atoms with van der Waals surface area (Å²) in [7, 11) is 1.75. The summed E-state index contributed by atoms with van der Waals surface area (Å²) in [5.74, 6) is 0.860. The minimum atomic E-state index is -0.183. The van der Waals surface area contributed by atoms with Crippen LogP contribution in [0.2, 0.25) is 5.02 Å². The Labute approximate surface area is 202 Å². The molecule has 0 unspecified atom stereocenters. The molecule has 2 fully saturated rings. The number of hydrogen-bond acceptors (Lipinski definition) is 6. The molecule has 2 aromatic rings. The van der Waals surface area contributed by atoms with Crippen LogP contribution in [0.3, 0.4) is 0 Å². The third-order valence-electron chi connectivity index (χ3n) is 6.77. The SMILES string of the molecule is COC[C@@H](C)N[C@H]1CC[C@H](Nc2cc(-c3cccc(NCC4(C#N)CC4)c3)c(Cl)cn2)CC1. The van der Waals surface area contributed by atoms with Gasteiger partial charge in [0.1, 0.15) is 5.82 Å². The molecular weight excluding hydrogens is 434 g/mol. The highest BCUT2D eigenvalue weighted by Gasteiger charge is 2.42. The maximum absolute atomic E-state index is 9.31. The second-order valence-electron chi connectivity index (χ2n) is 9.59. The van der Waals surface area contributed by atoms with Crippen LogP contribution in [0.1, 0.15) is 45.4 Å². The van der Waals surface area contributed by atoms with Crippen molar-refractivity contribution in [1.29, 1.82) is 5.26 Å². The minimum Gasteiger partial charge on any atom is -0.383 e. The lowest BCUT2D eigenvalue weighted by Gasteiger charge is -2.32. The number of ether oxygens (including phenoxy) is 1. The second-order valence-corrected chi connectivity index (χ2v) is 10.00. The predicted octanol–water partition coefficient (Wildman–Crippen LogP) is 5.47. The molecule has 0 spiro atoms. The number of nitrogens with one attached hydrogen (secondary N) is 3. The Morgan fingerprint density at radius 2 is 1.97 bits per heavy atom. The smallest absolute Gasteiger partial charge is 0.126 e. The van der Waals surface area contributed by atoms with Crippen LogP contribution in [-0.2, 0) is 4.74 Å². The summed E-state index contributed by atoms with van der Waals surface area (Å²) in [5, 5.41) is 20.7. The van der Waals surface area contributed by atoms with Gasteiger partial charge in [0.2, 0.25) is 0 Å². The Balaban J connectivity index is 1.37. The molecule has 0 aliphatic heterocycles. The predicted molar refractivity (Wildman–Crippen MR) is 135 cm³/mol. The summed E-state index contributed by atoms with van der Waals surface area (Å²) >= 11 is 6.53. The van der Waals surface area contributed by atoms with Crippen molar-refractivity contribution >= 4 is 23.1 Å². The molecule has 176 valence electrons. The van der Waals surface area contributed by atoms with Gasteiger partial charge in [0, 0.05) is 49.2 Å². The number of halogens is 1. The molecule has 6 nitrogen and oxygen atoms in total. The highest BCUT2D eigenvalue weighted by molar-refractivity contribution is 6.33. The topological polar surface area (TPSA) is 82.0 Å². The van der Waals surface area contributed by atoms with Crippen LogP contribution in [-0.4, -0.2) is 43.4 Å². The number of benzene rings is 1. The van der Waals surface area contributed by atoms with Crippen molar-refractivity contribution in [2.75, 3.05) is 30.9 Å². The standard InChI is InChI=1S/C26H34ClN5O/c1-18(15-33-2)31-20-6-8-21(9-7-20)32-25-13-23(24(27)14-29-25)19-4-3-5-22(12-19)30-17-26(16-28)10-11-26/h3-5,12-14,18,20-21,30-31H,6-11,15,17H2,1-2H3,(H,29,32)/t18-,20-,21-/m1/s1. The number of rotatable bonds is 10. The van der Waals surface area contributed by atoms with Crippen molar-refractivity contribution in [3.05, 3.63) is 41.6 Å². The van der Waals surface area contributed by atoms with E-state index in [1.165, 1.54) is 0 Å². The van der Waals surface area contributed by atoms with E-state index in [9.17, 15) is 5.26 Å². The number of pyridine rings is 1. The molecule has 2 saturated carbocycles. The summed E-state index contributed by atoms with van der Waals surface area (Å²) in [4.78, 5) is 4.53. The fraction of sp³-hybridized carbons (Fsp3) is 0.538. The van der Waals surface area contributed by atoms with Gasteiger partial charge in [0.25, 0.3) is 0 Å². The molecule has 2 aliphatic carbocycles. The highest BCUT2D eigenvalue weighted by Crippen LogP contribution is 2.44. The normalized spacial score (nSPS) is 22.2. The number of aromatic nitrogens is 1. The van der Waals surface area contributed by atoms with Crippen LogP contribution in [0.5, 0.6) is 0 Å². The van der Waals surface area contributed by atoms with E-state index in [0.717, 1.165) is 67.8 Å². The molecule has 3 N–H and O–H groups in total. The average molecular weight is 468 g/mol. The molecule has 1 aromatic carbocycles. The fourth-order valence-electron chi connectivity index (χ4n) is 4.60. The average Bonchev–Trinajstić information content (AvgIpc) is 3.61. The van der Waals surface area contributed by atoms with Gasteiger partial charge in [-0.25, -0.2) is 4.98 Å². The van der Waals surface area contributed by atoms with Crippen LogP contribution in [0.15, 0.2) is 36.5 Å². The van der Waals surface area contributed by atoms with Gasteiger partial charge < -0.3 is 20.7 Å². The minimum absolute atomic E-state index is 0.183. The van der Waals surface area contributed by atoms with Gasteiger partial charge in [-0.05, 0) is 69.2 Å². The van der Waals surface area contributed by atoms with Crippen molar-refractivity contribution < 1.29 is 4.74 Å². The number of methoxy groups -OCH3 is 1. The zero-order chi connectivity index (χ0) is 23.3. The second kappa shape index (κ2) is 10.7. The van der Waals surface area contributed by atoms with Gasteiger partial charge in [-0.3, -0.25) is 0 Å². The maximum atomic E-state index is 9.31. The van der Waals surface area contributed by atoms with Gasteiger partial charge in [-0.1, -0.05) is 23.7 Å². The lowest BCUT2D eigenvalue weighted by Crippen LogP contribution is -2.42. The molecule has 4 rings (SSSR count). The van der Waals surface area contributed by atoms with Gasteiger partial charge in [0.05, 0.1) is 23.1 Å². The number of anilines is 2. The molecule has 33 heavy (non-hydrogen) atoms. The van der Waals surface area contributed by atoms with E-state index in [0.29, 0.717) is 29.7 Å². The van der Waals surface area contributed by atoms with Gasteiger partial charge >= 0.3 is 0 Å². The Morgan fingerprint density at radius 1 is 1.21 bits per heavy atom. The molecule has 1 atom stereocenters. The molecule has 2 aliphatic rings. The largest absolute Gasteiger partial charge is 0.383 e. The van der Waals surface area contributed by atoms with Crippen LogP contribution in [0.25, 0.3) is 11.1 Å². The Kier molecular flexibility index (Phi) is 7.75. The first kappa shape index (κ1) is 23.8. The van der Waals surface area contributed by atoms with Gasteiger partial charge in [0.15, 0.2) is 0 Å². The van der Waals surface area contributed by atoms with E-state index in [4.69, 9.17) is 16.3 Å². The summed E-state index contributed by atoms with van der Waals surface area (Å²) < 4.78 is 5.24. The van der Waals surface area contributed by atoms with Crippen LogP contribution in [0.4, 0.5) is 11.5 Å². The summed E-state index contributed by atoms with van der Waals surface area (Å²) in [6.07, 6.45) is 8.19. The first-order valence-corrected chi connectivity index (χ1v) is 12.3. The van der Waals surface area contributed by atoms with E-state index >= 15 is 0 Å². The summed E-state index contributed by atoms with van der Waals surface area (Å²) in [6, 6.07) is 14.0. The Hall–Kier alpha value is -2.33. The van der Waals surface area contributed by atoms with Crippen molar-refractivity contribution in [2.45, 2.75) is 63.6 Å². The van der Waals surface area contributed by atoms with Crippen molar-refractivity contribution in [1.82, 2.24) is 10.3 Å². The summed E-state index contributed by atoms with van der Waals surface area (Å²) in [5.41, 5.74) is 2.82. The van der Waals surface area contributed by atoms with E-state index in [1.807, 2.05) is 18.2 Å². The molecule has 0 saturated heterocycles. The number of nitrogens with zero attached hydrogens (tertiary/aromatic N) is 2. The first-order chi connectivity index (χ1) is 16.0. The summed E-state index contributed by atoms with van der Waals surface area (Å²) in [6.45, 7) is 3.60. The Morgan fingerprint density at radius 3 is 2.67 bits per heavy atom. The van der Waals surface area contributed by atoms with E-state index in [2.05, 4.69) is 46.1 Å². The van der Waals surface area contributed by atoms with Crippen LogP contribution in [0, 0.1) is 16.7 Å². The third-order valence-corrected chi connectivity index (χ3v) is 7.07. The third kappa shape index (κ3) is 6.38. The molecular formula is C26H34ClN5O. The molecule has 0 amide bonds. The van der Waals surface area contributed by atoms with Crippen LogP contribution < -0.4 is 16.0 Å². The molecule has 0 radical (unpaired) electrons. The van der Waals surface area contributed by atoms with E-state index in [-0.39, 0.29) is 5.41 Å². The van der Waals surface area contributed by atoms with Crippen molar-refractivity contribution in [3.63, 3.8) is 0 Å². The number of hydrogen-bond donors (Lipinski definition) is 3. The van der Waals surface area contributed by atoms with Crippen molar-refractivity contribution in [3.8, 4) is 17.2 Å². The Bertz CT molecular complexity index is 979. The van der Waals surface area contributed by atoms with Gasteiger partial charge in [-0.2, -0.15) is 5.26 Å². The lowest BCUT2D eigenvalue weighted by atomic mass is 9.90. The lowest BCUT2D eigenvalue weighted by molar-refractivity contribution is 0.161. The monoisotopic (exact) mass is 467 g/mol. The highest BCUT2D eigenvalue weighted by atomic mass is 35.5. The van der Waals surface area contributed by atoms with Crippen LogP contribution >= 0.6 is 11.6 Å². The fourth-order valence-corrected chi connectivity index (χ4v) is 4.81. The zero-order valence-electron chi connectivity index (χ0n) is 19.5. The quantitative estimate of drug-likeness (QED) is 0.430. The van der Waals surface area contributed by atoms with Gasteiger partial charge in [-0.15, -0.1) is 0 Å². The zero-order valence-corrected chi connectivity index (χ0v) is 20.3. The first-order valence-electron chi connectivity index (χ1n) is 11.9. The molecule has 1 aromatic heterocycles. The van der Waals surface area contributed by atoms with Crippen molar-refractivity contribution in [2.24, 2.45) is 5.41 Å². The molecule has 7 heteroatoms. The maximum Gasteiger partial charge on any atom is 0.126 e. The molecule has 1 heterocycles. The molecule has 0 bridgehead atoms.